The Kier molecular flexibility index (Phi) is 10.1. The van der Waals surface area contributed by atoms with Crippen molar-refractivity contribution in [1.82, 2.24) is 30.4 Å². The van der Waals surface area contributed by atoms with E-state index in [2.05, 4.69) is 81.5 Å². The molecule has 2 saturated heterocycles. The Labute approximate surface area is 260 Å². The first-order valence-corrected chi connectivity index (χ1v) is 16.8. The van der Waals surface area contributed by atoms with E-state index in [1.54, 1.807) is 0 Å². The molecule has 4 amide bonds. The molecule has 8 nitrogen and oxygen atoms in total. The molecular weight excluding hydrogens is 548 g/mol. The number of likely N-dealkylation sites (tertiary alicyclic amines) is 2. The van der Waals surface area contributed by atoms with Crippen molar-refractivity contribution in [1.29, 1.82) is 0 Å². The molecule has 2 aromatic heterocycles. The molecule has 6 rings (SSSR count). The maximum absolute atomic E-state index is 12.7. The molecule has 234 valence electrons. The van der Waals surface area contributed by atoms with E-state index in [1.807, 2.05) is 9.80 Å². The number of carbonyl (C=O) groups excluding carboxylic acids is 2. The van der Waals surface area contributed by atoms with Crippen LogP contribution in [0.25, 0.3) is 21.8 Å². The zero-order valence-corrected chi connectivity index (χ0v) is 26.0. The number of nitrogens with zero attached hydrogens (tertiary/aromatic N) is 2. The van der Waals surface area contributed by atoms with Crippen molar-refractivity contribution < 1.29 is 9.59 Å². The number of benzene rings is 2. The van der Waals surface area contributed by atoms with Gasteiger partial charge in [0.15, 0.2) is 0 Å². The van der Waals surface area contributed by atoms with Gasteiger partial charge in [-0.25, -0.2) is 9.59 Å². The summed E-state index contributed by atoms with van der Waals surface area (Å²) >= 11 is 0. The third-order valence-electron chi connectivity index (χ3n) is 9.83. The highest BCUT2D eigenvalue weighted by Gasteiger charge is 2.24. The fraction of sp³-hybridized carbons (Fsp3) is 0.500. The van der Waals surface area contributed by atoms with E-state index in [0.29, 0.717) is 24.9 Å². The molecule has 0 unspecified atom stereocenters. The van der Waals surface area contributed by atoms with Crippen molar-refractivity contribution in [2.45, 2.75) is 64.2 Å². The average Bonchev–Trinajstić information content (AvgIpc) is 3.67. The van der Waals surface area contributed by atoms with Crippen LogP contribution in [0, 0.1) is 11.8 Å². The van der Waals surface area contributed by atoms with Gasteiger partial charge in [0.25, 0.3) is 0 Å². The number of H-pyrrole nitrogens is 2. The number of para-hydroxylation sites is 2. The first-order chi connectivity index (χ1) is 21.6. The summed E-state index contributed by atoms with van der Waals surface area (Å²) in [7, 11) is 0. The third-order valence-corrected chi connectivity index (χ3v) is 9.83. The number of aromatic nitrogens is 2. The van der Waals surface area contributed by atoms with Gasteiger partial charge >= 0.3 is 12.1 Å². The standard InChI is InChI=1S/C36H48N6O2/c43-35(41-19-13-27(14-20-41)23-29-25-39-33-11-5-3-9-31(29)33)37-17-7-1-2-8-18-38-36(44)42-21-15-28(16-22-42)24-30-26-40-34-12-6-4-10-32(30)34/h3-6,9-12,25-28,39-40H,1-2,7-8,13-24H2,(H,37,43)(H,38,44). The molecule has 0 radical (unpaired) electrons. The number of carbonyl (C=O) groups is 2. The topological polar surface area (TPSA) is 96.3 Å². The Morgan fingerprint density at radius 3 is 1.45 bits per heavy atom. The third kappa shape index (κ3) is 7.58. The van der Waals surface area contributed by atoms with Crippen LogP contribution < -0.4 is 10.6 Å². The lowest BCUT2D eigenvalue weighted by atomic mass is 9.90. The summed E-state index contributed by atoms with van der Waals surface area (Å²) < 4.78 is 0. The number of nitrogens with one attached hydrogen (secondary N) is 4. The van der Waals surface area contributed by atoms with Crippen LogP contribution in [-0.4, -0.2) is 71.1 Å². The van der Waals surface area contributed by atoms with Gasteiger partial charge in [0.2, 0.25) is 0 Å². The molecule has 8 heteroatoms. The molecule has 0 bridgehead atoms. The second kappa shape index (κ2) is 14.7. The van der Waals surface area contributed by atoms with E-state index >= 15 is 0 Å². The molecule has 0 saturated carbocycles. The molecule has 0 atom stereocenters. The second-order valence-electron chi connectivity index (χ2n) is 12.9. The van der Waals surface area contributed by atoms with Crippen molar-refractivity contribution in [3.05, 3.63) is 72.1 Å². The quantitative estimate of drug-likeness (QED) is 0.143. The molecule has 2 fully saturated rings. The van der Waals surface area contributed by atoms with Gasteiger partial charge in [0.1, 0.15) is 0 Å². The molecule has 4 N–H and O–H groups in total. The molecular formula is C36H48N6O2. The van der Waals surface area contributed by atoms with Gasteiger partial charge in [-0.05, 0) is 86.5 Å². The molecule has 4 heterocycles. The van der Waals surface area contributed by atoms with Crippen molar-refractivity contribution >= 4 is 33.9 Å². The minimum atomic E-state index is 0.0769. The fourth-order valence-electron chi connectivity index (χ4n) is 7.12. The highest BCUT2D eigenvalue weighted by molar-refractivity contribution is 5.83. The monoisotopic (exact) mass is 596 g/mol. The van der Waals surface area contributed by atoms with Gasteiger partial charge < -0.3 is 30.4 Å². The predicted octanol–water partition coefficient (Wildman–Crippen LogP) is 6.84. The Hall–Kier alpha value is -3.94. The molecule has 0 spiro atoms. The van der Waals surface area contributed by atoms with E-state index in [1.165, 1.54) is 32.9 Å². The summed E-state index contributed by atoms with van der Waals surface area (Å²) in [6.45, 7) is 4.77. The van der Waals surface area contributed by atoms with Gasteiger partial charge in [-0.3, -0.25) is 0 Å². The maximum Gasteiger partial charge on any atom is 0.317 e. The van der Waals surface area contributed by atoms with Gasteiger partial charge in [-0.1, -0.05) is 49.2 Å². The first-order valence-electron chi connectivity index (χ1n) is 16.8. The molecule has 2 aromatic carbocycles. The number of fused-ring (bicyclic) bond motifs is 2. The lowest BCUT2D eigenvalue weighted by Gasteiger charge is -2.32. The highest BCUT2D eigenvalue weighted by Crippen LogP contribution is 2.27. The van der Waals surface area contributed by atoms with E-state index in [4.69, 9.17) is 0 Å². The first kappa shape index (κ1) is 30.1. The number of hydrogen-bond acceptors (Lipinski definition) is 2. The SMILES string of the molecule is O=C(NCCCCCCNC(=O)N1CCC(Cc2c[nH]c3ccccc23)CC1)N1CCC(Cc2c[nH]c3ccccc23)CC1. The van der Waals surface area contributed by atoms with E-state index in [-0.39, 0.29) is 12.1 Å². The summed E-state index contributed by atoms with van der Waals surface area (Å²) in [6.07, 6.45) is 14.7. The Balaban J connectivity index is 0.780. The van der Waals surface area contributed by atoms with Crippen LogP contribution >= 0.6 is 0 Å². The Morgan fingerprint density at radius 1 is 0.614 bits per heavy atom. The van der Waals surface area contributed by atoms with Crippen LogP contribution in [0.5, 0.6) is 0 Å². The molecule has 2 aliphatic heterocycles. The van der Waals surface area contributed by atoms with Gasteiger partial charge in [-0.2, -0.15) is 0 Å². The normalized spacial score (nSPS) is 16.5. The Morgan fingerprint density at radius 2 is 1.02 bits per heavy atom. The zero-order valence-electron chi connectivity index (χ0n) is 26.0. The van der Waals surface area contributed by atoms with Crippen LogP contribution in [0.1, 0.15) is 62.5 Å². The van der Waals surface area contributed by atoms with Gasteiger partial charge in [0.05, 0.1) is 0 Å². The van der Waals surface area contributed by atoms with Crippen LogP contribution in [0.2, 0.25) is 0 Å². The van der Waals surface area contributed by atoms with Crippen LogP contribution in [0.3, 0.4) is 0 Å². The number of rotatable bonds is 11. The molecule has 2 aliphatic rings. The largest absolute Gasteiger partial charge is 0.361 e. The minimum Gasteiger partial charge on any atom is -0.361 e. The fourth-order valence-corrected chi connectivity index (χ4v) is 7.12. The summed E-state index contributed by atoms with van der Waals surface area (Å²) in [5, 5.41) is 8.88. The molecule has 4 aromatic rings. The lowest BCUT2D eigenvalue weighted by molar-refractivity contribution is 0.169. The summed E-state index contributed by atoms with van der Waals surface area (Å²) in [5.41, 5.74) is 5.18. The second-order valence-corrected chi connectivity index (χ2v) is 12.9. The van der Waals surface area contributed by atoms with Crippen LogP contribution in [0.4, 0.5) is 9.59 Å². The summed E-state index contributed by atoms with van der Waals surface area (Å²) in [5.74, 6) is 1.25. The van der Waals surface area contributed by atoms with Crippen molar-refractivity contribution in [3.63, 3.8) is 0 Å². The van der Waals surface area contributed by atoms with Gasteiger partial charge in [0, 0.05) is 73.5 Å². The number of aromatic amines is 2. The number of piperidine rings is 2. The van der Waals surface area contributed by atoms with E-state index in [9.17, 15) is 9.59 Å². The lowest BCUT2D eigenvalue weighted by Crippen LogP contribution is -2.45. The number of amides is 4. The van der Waals surface area contributed by atoms with Gasteiger partial charge in [-0.15, -0.1) is 0 Å². The molecule has 0 aliphatic carbocycles. The molecule has 44 heavy (non-hydrogen) atoms. The highest BCUT2D eigenvalue weighted by atomic mass is 16.2. The Bertz CT molecular complexity index is 1400. The predicted molar refractivity (Wildman–Crippen MR) is 178 cm³/mol. The van der Waals surface area contributed by atoms with Crippen molar-refractivity contribution in [2.75, 3.05) is 39.3 Å². The minimum absolute atomic E-state index is 0.0769. The average molecular weight is 597 g/mol. The smallest absolute Gasteiger partial charge is 0.317 e. The number of hydrogen-bond donors (Lipinski definition) is 4. The number of urea groups is 2. The van der Waals surface area contributed by atoms with E-state index < -0.39 is 0 Å². The summed E-state index contributed by atoms with van der Waals surface area (Å²) in [6, 6.07) is 17.1. The van der Waals surface area contributed by atoms with Crippen LogP contribution in [0.15, 0.2) is 60.9 Å². The van der Waals surface area contributed by atoms with E-state index in [0.717, 1.165) is 90.4 Å². The summed E-state index contributed by atoms with van der Waals surface area (Å²) in [4.78, 5) is 36.1. The number of unbranched alkanes of at least 4 members (excludes halogenated alkanes) is 3. The zero-order chi connectivity index (χ0) is 30.1. The van der Waals surface area contributed by atoms with Crippen molar-refractivity contribution in [2.24, 2.45) is 11.8 Å². The van der Waals surface area contributed by atoms with Crippen molar-refractivity contribution in [3.8, 4) is 0 Å². The maximum atomic E-state index is 12.7. The van der Waals surface area contributed by atoms with Crippen LogP contribution in [-0.2, 0) is 12.8 Å².